The van der Waals surface area contributed by atoms with Crippen LogP contribution in [0, 0.1) is 23.3 Å². The van der Waals surface area contributed by atoms with Crippen LogP contribution in [0.2, 0.25) is 0 Å². The van der Waals surface area contributed by atoms with E-state index in [1.165, 1.54) is 48.5 Å². The van der Waals surface area contributed by atoms with Gasteiger partial charge in [-0.3, -0.25) is 0 Å². The Morgan fingerprint density at radius 1 is 0.545 bits per heavy atom. The van der Waals surface area contributed by atoms with Crippen molar-refractivity contribution >= 4 is 0 Å². The molecule has 0 bridgehead atoms. The summed E-state index contributed by atoms with van der Waals surface area (Å²) >= 11 is 0. The number of hydrogen-bond acceptors (Lipinski definition) is 1. The van der Waals surface area contributed by atoms with Crippen LogP contribution in [0.1, 0.15) is 18.4 Å². The number of halogens is 4. The van der Waals surface area contributed by atoms with Crippen LogP contribution in [-0.4, -0.2) is 6.61 Å². The molecule has 0 saturated carbocycles. The van der Waals surface area contributed by atoms with E-state index in [2.05, 4.69) is 0 Å². The highest BCUT2D eigenvalue weighted by atomic mass is 19.1. The maximum absolute atomic E-state index is 14.5. The van der Waals surface area contributed by atoms with Crippen LogP contribution in [0.15, 0.2) is 84.9 Å². The first-order valence-corrected chi connectivity index (χ1v) is 10.7. The van der Waals surface area contributed by atoms with Crippen LogP contribution in [-0.2, 0) is 6.42 Å². The van der Waals surface area contributed by atoms with Crippen LogP contribution < -0.4 is 4.74 Å². The van der Waals surface area contributed by atoms with Gasteiger partial charge < -0.3 is 4.74 Å². The van der Waals surface area contributed by atoms with Gasteiger partial charge in [-0.25, -0.2) is 17.6 Å². The zero-order valence-corrected chi connectivity index (χ0v) is 17.8. The number of hydrogen-bond donors (Lipinski definition) is 0. The van der Waals surface area contributed by atoms with Gasteiger partial charge in [-0.1, -0.05) is 36.4 Å². The molecule has 0 aliphatic rings. The molecule has 0 unspecified atom stereocenters. The topological polar surface area (TPSA) is 9.23 Å². The van der Waals surface area contributed by atoms with Gasteiger partial charge in [0, 0.05) is 17.2 Å². The van der Waals surface area contributed by atoms with E-state index in [-0.39, 0.29) is 17.5 Å². The van der Waals surface area contributed by atoms with Crippen molar-refractivity contribution in [2.75, 3.05) is 6.61 Å². The van der Waals surface area contributed by atoms with Crippen LogP contribution in [0.5, 0.6) is 5.75 Å². The molecule has 1 nitrogen and oxygen atoms in total. The van der Waals surface area contributed by atoms with Gasteiger partial charge in [-0.05, 0) is 78.4 Å². The summed E-state index contributed by atoms with van der Waals surface area (Å²) in [5.41, 5.74) is 2.92. The fraction of sp³-hybridized carbons (Fsp3) is 0.143. The van der Waals surface area contributed by atoms with E-state index in [0.717, 1.165) is 18.4 Å². The number of benzene rings is 4. The largest absolute Gasteiger partial charge is 0.493 e. The van der Waals surface area contributed by atoms with Crippen LogP contribution in [0.3, 0.4) is 0 Å². The van der Waals surface area contributed by atoms with Crippen molar-refractivity contribution in [2.45, 2.75) is 19.3 Å². The van der Waals surface area contributed by atoms with Crippen molar-refractivity contribution in [1.82, 2.24) is 0 Å². The standard InChI is InChI=1S/C28H22F4O/c29-22-9-5-20(6-10-22)25-14-4-19(17-27(25)31)3-1-2-16-33-24-13-15-26(28(32)18-24)21-7-11-23(30)12-8-21/h4-15,17-18H,1-3,16H2. The Morgan fingerprint density at radius 3 is 1.64 bits per heavy atom. The molecule has 4 aromatic carbocycles. The van der Waals surface area contributed by atoms with Gasteiger partial charge in [0.2, 0.25) is 0 Å². The molecule has 33 heavy (non-hydrogen) atoms. The monoisotopic (exact) mass is 450 g/mol. The molecule has 0 N–H and O–H groups in total. The minimum atomic E-state index is -0.434. The predicted octanol–water partition coefficient (Wildman–Crippen LogP) is 7.98. The minimum absolute atomic E-state index is 0.341. The van der Waals surface area contributed by atoms with E-state index < -0.39 is 5.82 Å². The lowest BCUT2D eigenvalue weighted by atomic mass is 10.0. The highest BCUT2D eigenvalue weighted by Gasteiger charge is 2.08. The van der Waals surface area contributed by atoms with Crippen molar-refractivity contribution in [3.05, 3.63) is 114 Å². The Morgan fingerprint density at radius 2 is 1.09 bits per heavy atom. The molecular formula is C28H22F4O. The number of rotatable bonds is 8. The third kappa shape index (κ3) is 5.80. The minimum Gasteiger partial charge on any atom is -0.493 e. The number of unbranched alkanes of at least 4 members (excludes halogenated alkanes) is 1. The molecule has 0 spiro atoms. The van der Waals surface area contributed by atoms with Crippen molar-refractivity contribution < 1.29 is 22.3 Å². The second-order valence-corrected chi connectivity index (χ2v) is 7.78. The Hall–Kier alpha value is -3.60. The molecule has 0 aliphatic carbocycles. The van der Waals surface area contributed by atoms with Gasteiger partial charge in [0.15, 0.2) is 0 Å². The van der Waals surface area contributed by atoms with Crippen LogP contribution in [0.25, 0.3) is 22.3 Å². The Bertz CT molecular complexity index is 1120. The number of ether oxygens (including phenoxy) is 1. The first-order valence-electron chi connectivity index (χ1n) is 10.7. The molecule has 0 radical (unpaired) electrons. The van der Waals surface area contributed by atoms with Gasteiger partial charge in [-0.2, -0.15) is 0 Å². The summed E-state index contributed by atoms with van der Waals surface area (Å²) in [5, 5.41) is 0. The van der Waals surface area contributed by atoms with Crippen molar-refractivity contribution in [3.63, 3.8) is 0 Å². The quantitative estimate of drug-likeness (QED) is 0.195. The van der Waals surface area contributed by atoms with E-state index >= 15 is 0 Å². The van der Waals surface area contributed by atoms with E-state index in [4.69, 9.17) is 4.74 Å². The summed E-state index contributed by atoms with van der Waals surface area (Å²) < 4.78 is 60.6. The summed E-state index contributed by atoms with van der Waals surface area (Å²) in [4.78, 5) is 0. The second kappa shape index (κ2) is 10.3. The molecule has 0 aromatic heterocycles. The highest BCUT2D eigenvalue weighted by Crippen LogP contribution is 2.27. The SMILES string of the molecule is Fc1ccc(-c2ccc(CCCCOc3ccc(-c4ccc(F)cc4)c(F)c3)cc2F)cc1. The maximum atomic E-state index is 14.5. The van der Waals surface area contributed by atoms with Crippen molar-refractivity contribution in [2.24, 2.45) is 0 Å². The van der Waals surface area contributed by atoms with Gasteiger partial charge in [0.1, 0.15) is 29.0 Å². The molecule has 4 aromatic rings. The average Bonchev–Trinajstić information content (AvgIpc) is 2.81. The zero-order chi connectivity index (χ0) is 23.2. The smallest absolute Gasteiger partial charge is 0.134 e. The molecule has 4 rings (SSSR count). The molecular weight excluding hydrogens is 428 g/mol. The van der Waals surface area contributed by atoms with Gasteiger partial charge in [-0.15, -0.1) is 0 Å². The second-order valence-electron chi connectivity index (χ2n) is 7.78. The summed E-state index contributed by atoms with van der Waals surface area (Å²) in [7, 11) is 0. The Kier molecular flexibility index (Phi) is 7.08. The third-order valence-electron chi connectivity index (χ3n) is 5.41. The molecule has 5 heteroatoms. The zero-order valence-electron chi connectivity index (χ0n) is 17.8. The van der Waals surface area contributed by atoms with Gasteiger partial charge in [0.25, 0.3) is 0 Å². The van der Waals surface area contributed by atoms with E-state index in [9.17, 15) is 17.6 Å². The van der Waals surface area contributed by atoms with E-state index in [1.54, 1.807) is 30.3 Å². The molecule has 0 saturated heterocycles. The lowest BCUT2D eigenvalue weighted by Gasteiger charge is -2.10. The predicted molar refractivity (Wildman–Crippen MR) is 122 cm³/mol. The molecule has 0 amide bonds. The summed E-state index contributed by atoms with van der Waals surface area (Å²) in [6.07, 6.45) is 2.19. The summed E-state index contributed by atoms with van der Waals surface area (Å²) in [6.45, 7) is 0.408. The normalized spacial score (nSPS) is 10.9. The van der Waals surface area contributed by atoms with Crippen molar-refractivity contribution in [3.8, 4) is 28.0 Å². The molecule has 0 aliphatic heterocycles. The summed E-state index contributed by atoms with van der Waals surface area (Å²) in [5.74, 6) is -1.08. The van der Waals surface area contributed by atoms with Crippen LogP contribution in [0.4, 0.5) is 17.6 Å². The lowest BCUT2D eigenvalue weighted by molar-refractivity contribution is 0.305. The van der Waals surface area contributed by atoms with Crippen LogP contribution >= 0.6 is 0 Å². The Labute approximate surface area is 190 Å². The van der Waals surface area contributed by atoms with E-state index in [0.29, 0.717) is 41.0 Å². The lowest BCUT2D eigenvalue weighted by Crippen LogP contribution is -1.99. The number of aryl methyl sites for hydroxylation is 1. The van der Waals surface area contributed by atoms with Crippen molar-refractivity contribution in [1.29, 1.82) is 0 Å². The third-order valence-corrected chi connectivity index (χ3v) is 5.41. The highest BCUT2D eigenvalue weighted by molar-refractivity contribution is 5.65. The molecule has 168 valence electrons. The fourth-order valence-electron chi connectivity index (χ4n) is 3.65. The average molecular weight is 450 g/mol. The molecule has 0 heterocycles. The van der Waals surface area contributed by atoms with Gasteiger partial charge >= 0.3 is 0 Å². The first kappa shape index (κ1) is 22.6. The van der Waals surface area contributed by atoms with E-state index in [1.807, 2.05) is 6.07 Å². The Balaban J connectivity index is 1.26. The maximum Gasteiger partial charge on any atom is 0.134 e. The fourth-order valence-corrected chi connectivity index (χ4v) is 3.65. The molecule has 0 fully saturated rings. The summed E-state index contributed by atoms with van der Waals surface area (Å²) in [6, 6.07) is 21.1. The van der Waals surface area contributed by atoms with Gasteiger partial charge in [0.05, 0.1) is 6.61 Å². The first-order chi connectivity index (χ1) is 16.0. The molecule has 0 atom stereocenters.